The molecular weight excluding hydrogens is 342 g/mol. The molecule has 0 atom stereocenters. The lowest BCUT2D eigenvalue weighted by Gasteiger charge is -2.27. The Hall–Kier alpha value is -1.52. The Morgan fingerprint density at radius 2 is 1.86 bits per heavy atom. The molecule has 2 aromatic carbocycles. The van der Waals surface area contributed by atoms with Gasteiger partial charge >= 0.3 is 0 Å². The number of hydrogen-bond acceptors (Lipinski definition) is 3. The third-order valence-corrected chi connectivity index (χ3v) is 4.04. The van der Waals surface area contributed by atoms with Gasteiger partial charge in [-0.15, -0.1) is 0 Å². The zero-order valence-corrected chi connectivity index (χ0v) is 14.8. The number of benzene rings is 2. The number of aromatic hydroxyl groups is 1. The molecule has 0 amide bonds. The van der Waals surface area contributed by atoms with E-state index >= 15 is 0 Å². The topological polar surface area (TPSA) is 41.5 Å². The number of methoxy groups -OCH3 is 1. The van der Waals surface area contributed by atoms with Gasteiger partial charge in [0.05, 0.1) is 7.11 Å². The van der Waals surface area contributed by atoms with Crippen LogP contribution in [-0.2, 0) is 13.0 Å². The third kappa shape index (κ3) is 4.49. The summed E-state index contributed by atoms with van der Waals surface area (Å²) < 4.78 is 6.08. The molecule has 4 heteroatoms. The summed E-state index contributed by atoms with van der Waals surface area (Å²) in [5, 5.41) is 13.7. The van der Waals surface area contributed by atoms with Gasteiger partial charge in [0, 0.05) is 22.1 Å². The van der Waals surface area contributed by atoms with Crippen LogP contribution in [0.15, 0.2) is 46.9 Å². The molecule has 0 saturated heterocycles. The minimum atomic E-state index is -0.0800. The van der Waals surface area contributed by atoms with E-state index in [9.17, 15) is 5.11 Å². The van der Waals surface area contributed by atoms with Crippen molar-refractivity contribution in [2.24, 2.45) is 0 Å². The maximum Gasteiger partial charge on any atom is 0.162 e. The van der Waals surface area contributed by atoms with E-state index in [0.29, 0.717) is 12.3 Å². The predicted octanol–water partition coefficient (Wildman–Crippen LogP) is 4.27. The van der Waals surface area contributed by atoms with Crippen molar-refractivity contribution in [3.8, 4) is 11.5 Å². The van der Waals surface area contributed by atoms with Crippen molar-refractivity contribution < 1.29 is 9.84 Å². The normalized spacial score (nSPS) is 11.5. The van der Waals surface area contributed by atoms with Gasteiger partial charge in [-0.05, 0) is 38.0 Å². The van der Waals surface area contributed by atoms with Crippen LogP contribution >= 0.6 is 15.9 Å². The first-order valence-electron chi connectivity index (χ1n) is 7.25. The largest absolute Gasteiger partial charge is 0.504 e. The second-order valence-corrected chi connectivity index (χ2v) is 6.93. The SMILES string of the molecule is COc1cc(Br)cc(CNC(C)(C)Cc2ccccc2)c1O. The molecule has 0 saturated carbocycles. The van der Waals surface area contributed by atoms with E-state index in [1.165, 1.54) is 5.56 Å². The van der Waals surface area contributed by atoms with Crippen LogP contribution in [0, 0.1) is 0 Å². The summed E-state index contributed by atoms with van der Waals surface area (Å²) >= 11 is 3.44. The van der Waals surface area contributed by atoms with Crippen molar-refractivity contribution in [2.45, 2.75) is 32.4 Å². The van der Waals surface area contributed by atoms with E-state index in [-0.39, 0.29) is 11.3 Å². The van der Waals surface area contributed by atoms with Crippen LogP contribution in [0.4, 0.5) is 0 Å². The molecule has 0 fully saturated rings. The van der Waals surface area contributed by atoms with Gasteiger partial charge in [0.25, 0.3) is 0 Å². The minimum absolute atomic E-state index is 0.0800. The number of nitrogens with one attached hydrogen (secondary N) is 1. The van der Waals surface area contributed by atoms with E-state index in [4.69, 9.17) is 4.74 Å². The van der Waals surface area contributed by atoms with Gasteiger partial charge in [-0.1, -0.05) is 46.3 Å². The zero-order valence-electron chi connectivity index (χ0n) is 13.2. The van der Waals surface area contributed by atoms with E-state index in [1.54, 1.807) is 13.2 Å². The van der Waals surface area contributed by atoms with E-state index < -0.39 is 0 Å². The van der Waals surface area contributed by atoms with Gasteiger partial charge in [0.15, 0.2) is 11.5 Å². The molecule has 0 aliphatic rings. The molecule has 0 radical (unpaired) electrons. The Morgan fingerprint density at radius 1 is 1.18 bits per heavy atom. The summed E-state index contributed by atoms with van der Waals surface area (Å²) in [6, 6.07) is 14.0. The van der Waals surface area contributed by atoms with Crippen molar-refractivity contribution in [1.29, 1.82) is 0 Å². The first kappa shape index (κ1) is 16.8. The van der Waals surface area contributed by atoms with Crippen LogP contribution in [0.3, 0.4) is 0 Å². The fourth-order valence-electron chi connectivity index (χ4n) is 2.42. The van der Waals surface area contributed by atoms with Gasteiger partial charge in [-0.3, -0.25) is 0 Å². The van der Waals surface area contributed by atoms with Gasteiger partial charge in [0.1, 0.15) is 0 Å². The first-order valence-corrected chi connectivity index (χ1v) is 8.05. The first-order chi connectivity index (χ1) is 10.4. The molecule has 3 nitrogen and oxygen atoms in total. The van der Waals surface area contributed by atoms with Gasteiger partial charge in [-0.25, -0.2) is 0 Å². The van der Waals surface area contributed by atoms with Gasteiger partial charge in [-0.2, -0.15) is 0 Å². The van der Waals surface area contributed by atoms with Crippen LogP contribution in [0.1, 0.15) is 25.0 Å². The number of halogens is 1. The van der Waals surface area contributed by atoms with E-state index in [0.717, 1.165) is 16.5 Å². The average Bonchev–Trinajstić information content (AvgIpc) is 2.48. The molecule has 0 bridgehead atoms. The summed E-state index contributed by atoms with van der Waals surface area (Å²) in [5.41, 5.74) is 2.02. The molecular formula is C18H22BrNO2. The maximum atomic E-state index is 10.2. The summed E-state index contributed by atoms with van der Waals surface area (Å²) in [6.07, 6.45) is 0.916. The number of rotatable bonds is 6. The Kier molecular flexibility index (Phi) is 5.48. The fourth-order valence-corrected chi connectivity index (χ4v) is 2.91. The third-order valence-electron chi connectivity index (χ3n) is 3.58. The number of phenolic OH excluding ortho intramolecular Hbond substituents is 1. The Morgan fingerprint density at radius 3 is 2.50 bits per heavy atom. The van der Waals surface area contributed by atoms with Crippen LogP contribution in [-0.4, -0.2) is 17.8 Å². The highest BCUT2D eigenvalue weighted by molar-refractivity contribution is 9.10. The lowest BCUT2D eigenvalue weighted by Crippen LogP contribution is -2.40. The fraction of sp³-hybridized carbons (Fsp3) is 0.333. The Balaban J connectivity index is 2.07. The molecule has 0 heterocycles. The molecule has 2 rings (SSSR count). The lowest BCUT2D eigenvalue weighted by molar-refractivity contribution is 0.357. The molecule has 0 aliphatic heterocycles. The van der Waals surface area contributed by atoms with E-state index in [2.05, 4.69) is 59.4 Å². The number of hydrogen-bond donors (Lipinski definition) is 2. The van der Waals surface area contributed by atoms with Crippen LogP contribution in [0.2, 0.25) is 0 Å². The average molecular weight is 364 g/mol. The second kappa shape index (κ2) is 7.16. The highest BCUT2D eigenvalue weighted by Gasteiger charge is 2.19. The Labute approximate surface area is 140 Å². The van der Waals surface area contributed by atoms with Crippen molar-refractivity contribution in [1.82, 2.24) is 5.32 Å². The van der Waals surface area contributed by atoms with E-state index in [1.807, 2.05) is 12.1 Å². The molecule has 0 unspecified atom stereocenters. The second-order valence-electron chi connectivity index (χ2n) is 6.02. The minimum Gasteiger partial charge on any atom is -0.504 e. The van der Waals surface area contributed by atoms with Crippen molar-refractivity contribution >= 4 is 15.9 Å². The van der Waals surface area contributed by atoms with Crippen LogP contribution < -0.4 is 10.1 Å². The smallest absolute Gasteiger partial charge is 0.162 e. The Bertz CT molecular complexity index is 626. The highest BCUT2D eigenvalue weighted by atomic mass is 79.9. The van der Waals surface area contributed by atoms with Crippen LogP contribution in [0.5, 0.6) is 11.5 Å². The quantitative estimate of drug-likeness (QED) is 0.804. The molecule has 0 aliphatic carbocycles. The highest BCUT2D eigenvalue weighted by Crippen LogP contribution is 2.33. The maximum absolute atomic E-state index is 10.2. The predicted molar refractivity (Wildman–Crippen MR) is 93.4 cm³/mol. The zero-order chi connectivity index (χ0) is 16.2. The van der Waals surface area contributed by atoms with Crippen LogP contribution in [0.25, 0.3) is 0 Å². The number of phenols is 1. The molecule has 118 valence electrons. The summed E-state index contributed by atoms with van der Waals surface area (Å²) in [6.45, 7) is 4.89. The van der Waals surface area contributed by atoms with Gasteiger partial charge < -0.3 is 15.2 Å². The lowest BCUT2D eigenvalue weighted by atomic mass is 9.94. The number of ether oxygens (including phenoxy) is 1. The molecule has 0 spiro atoms. The molecule has 22 heavy (non-hydrogen) atoms. The molecule has 2 N–H and O–H groups in total. The monoisotopic (exact) mass is 363 g/mol. The van der Waals surface area contributed by atoms with Gasteiger partial charge in [0.2, 0.25) is 0 Å². The summed E-state index contributed by atoms with van der Waals surface area (Å²) in [5.74, 6) is 0.667. The van der Waals surface area contributed by atoms with Crippen molar-refractivity contribution in [3.05, 3.63) is 58.1 Å². The summed E-state index contributed by atoms with van der Waals surface area (Å²) in [4.78, 5) is 0. The molecule has 0 aromatic heterocycles. The van der Waals surface area contributed by atoms with Crippen molar-refractivity contribution in [3.63, 3.8) is 0 Å². The standard InChI is InChI=1S/C18H22BrNO2/c1-18(2,11-13-7-5-4-6-8-13)20-12-14-9-15(19)10-16(22-3)17(14)21/h4-10,20-21H,11-12H2,1-3H3. The van der Waals surface area contributed by atoms with Crippen molar-refractivity contribution in [2.75, 3.05) is 7.11 Å². The summed E-state index contributed by atoms with van der Waals surface area (Å²) in [7, 11) is 1.55. The molecule has 2 aromatic rings.